The molecule has 1 unspecified atom stereocenters. The zero-order chi connectivity index (χ0) is 19.0. The van der Waals surface area contributed by atoms with E-state index in [0.29, 0.717) is 16.7 Å². The van der Waals surface area contributed by atoms with E-state index in [2.05, 4.69) is 20.8 Å². The molecule has 2 aliphatic rings. The van der Waals surface area contributed by atoms with Crippen LogP contribution in [0.1, 0.15) is 63.7 Å². The smallest absolute Gasteiger partial charge is 0.272 e. The normalized spacial score (nSPS) is 17.3. The summed E-state index contributed by atoms with van der Waals surface area (Å²) in [5, 5.41) is 13.4. The van der Waals surface area contributed by atoms with Gasteiger partial charge in [-0.1, -0.05) is 0 Å². The summed E-state index contributed by atoms with van der Waals surface area (Å²) < 4.78 is 14.5. The van der Waals surface area contributed by atoms with Gasteiger partial charge >= 0.3 is 0 Å². The topological polar surface area (TPSA) is 84.0 Å². The number of rotatable bonds is 6. The highest BCUT2D eigenvalue weighted by Crippen LogP contribution is 2.42. The summed E-state index contributed by atoms with van der Waals surface area (Å²) in [5.41, 5.74) is 1.60. The number of carbonyl (C=O) groups excluding carboxylic acids is 2. The second kappa shape index (κ2) is 7.06. The Hall–Kier alpha value is -2.83. The van der Waals surface area contributed by atoms with Crippen LogP contribution in [0.5, 0.6) is 0 Å². The van der Waals surface area contributed by atoms with Gasteiger partial charge in [-0.3, -0.25) is 9.59 Å². The van der Waals surface area contributed by atoms with Crippen molar-refractivity contribution in [2.24, 2.45) is 5.92 Å². The SMILES string of the molecule is Cc1c(F)cc(C(=O)NC2CC2)cc1C(NC(=O)c1cccnn1)C1CC1. The van der Waals surface area contributed by atoms with E-state index in [4.69, 9.17) is 0 Å². The molecule has 0 radical (unpaired) electrons. The van der Waals surface area contributed by atoms with Crippen LogP contribution in [0, 0.1) is 18.7 Å². The van der Waals surface area contributed by atoms with Crippen molar-refractivity contribution in [3.8, 4) is 0 Å². The van der Waals surface area contributed by atoms with Crippen LogP contribution >= 0.6 is 0 Å². The zero-order valence-electron chi connectivity index (χ0n) is 15.0. The lowest BCUT2D eigenvalue weighted by Gasteiger charge is -2.22. The summed E-state index contributed by atoms with van der Waals surface area (Å²) in [4.78, 5) is 24.9. The van der Waals surface area contributed by atoms with E-state index >= 15 is 0 Å². The Morgan fingerprint density at radius 1 is 1.19 bits per heavy atom. The average Bonchev–Trinajstić information content (AvgIpc) is 3.57. The van der Waals surface area contributed by atoms with E-state index in [9.17, 15) is 14.0 Å². The first-order chi connectivity index (χ1) is 13.0. The van der Waals surface area contributed by atoms with Crippen molar-refractivity contribution in [1.29, 1.82) is 0 Å². The molecule has 4 rings (SSSR count). The van der Waals surface area contributed by atoms with Gasteiger partial charge in [-0.05, 0) is 73.9 Å². The minimum atomic E-state index is -0.437. The molecule has 0 aliphatic heterocycles. The van der Waals surface area contributed by atoms with Crippen LogP contribution in [-0.4, -0.2) is 28.1 Å². The van der Waals surface area contributed by atoms with Crippen LogP contribution in [0.25, 0.3) is 0 Å². The lowest BCUT2D eigenvalue weighted by atomic mass is 9.94. The number of carbonyl (C=O) groups is 2. The summed E-state index contributed by atoms with van der Waals surface area (Å²) in [6.07, 6.45) is 5.32. The van der Waals surface area contributed by atoms with Crippen LogP contribution in [0.3, 0.4) is 0 Å². The molecule has 140 valence electrons. The fourth-order valence-corrected chi connectivity index (χ4v) is 3.17. The number of hydrogen-bond donors (Lipinski definition) is 2. The zero-order valence-corrected chi connectivity index (χ0v) is 15.0. The first-order valence-corrected chi connectivity index (χ1v) is 9.22. The van der Waals surface area contributed by atoms with Gasteiger partial charge in [-0.15, -0.1) is 5.10 Å². The molecule has 6 nitrogen and oxygen atoms in total. The Kier molecular flexibility index (Phi) is 4.59. The van der Waals surface area contributed by atoms with Gasteiger partial charge in [-0.2, -0.15) is 5.10 Å². The molecule has 0 bridgehead atoms. The fraction of sp³-hybridized carbons (Fsp3) is 0.400. The quantitative estimate of drug-likeness (QED) is 0.821. The Balaban J connectivity index is 1.62. The molecule has 1 aromatic heterocycles. The molecule has 2 N–H and O–H groups in total. The number of aromatic nitrogens is 2. The molecular weight excluding hydrogens is 347 g/mol. The van der Waals surface area contributed by atoms with Crippen molar-refractivity contribution < 1.29 is 14.0 Å². The molecule has 2 amide bonds. The van der Waals surface area contributed by atoms with Crippen molar-refractivity contribution in [1.82, 2.24) is 20.8 Å². The predicted octanol–water partition coefficient (Wildman–Crippen LogP) is 2.70. The number of nitrogens with one attached hydrogen (secondary N) is 2. The molecule has 2 aliphatic carbocycles. The van der Waals surface area contributed by atoms with Crippen molar-refractivity contribution in [3.05, 3.63) is 58.7 Å². The first-order valence-electron chi connectivity index (χ1n) is 9.22. The van der Waals surface area contributed by atoms with Gasteiger partial charge in [-0.25, -0.2) is 4.39 Å². The maximum absolute atomic E-state index is 14.5. The van der Waals surface area contributed by atoms with Crippen molar-refractivity contribution in [3.63, 3.8) is 0 Å². The Labute approximate surface area is 156 Å². The average molecular weight is 368 g/mol. The van der Waals surface area contributed by atoms with Gasteiger partial charge in [0.05, 0.1) is 6.04 Å². The molecule has 1 heterocycles. The Morgan fingerprint density at radius 2 is 1.96 bits per heavy atom. The highest BCUT2D eigenvalue weighted by atomic mass is 19.1. The molecule has 0 saturated heterocycles. The van der Waals surface area contributed by atoms with Crippen LogP contribution in [-0.2, 0) is 0 Å². The van der Waals surface area contributed by atoms with Crippen LogP contribution in [0.15, 0.2) is 30.5 Å². The Morgan fingerprint density at radius 3 is 2.59 bits per heavy atom. The molecule has 2 saturated carbocycles. The maximum Gasteiger partial charge on any atom is 0.272 e. The van der Waals surface area contributed by atoms with Crippen LogP contribution < -0.4 is 10.6 Å². The number of nitrogens with zero attached hydrogens (tertiary/aromatic N) is 2. The van der Waals surface area contributed by atoms with E-state index < -0.39 is 5.82 Å². The summed E-state index contributed by atoms with van der Waals surface area (Å²) in [5.74, 6) is -0.835. The van der Waals surface area contributed by atoms with Gasteiger partial charge in [0.15, 0.2) is 5.69 Å². The van der Waals surface area contributed by atoms with Gasteiger partial charge in [0.2, 0.25) is 0 Å². The Bertz CT molecular complexity index is 879. The first kappa shape index (κ1) is 17.6. The number of benzene rings is 1. The monoisotopic (exact) mass is 368 g/mol. The third-order valence-electron chi connectivity index (χ3n) is 5.08. The summed E-state index contributed by atoms with van der Waals surface area (Å²) in [6.45, 7) is 1.68. The summed E-state index contributed by atoms with van der Waals surface area (Å²) in [7, 11) is 0. The molecule has 7 heteroatoms. The predicted molar refractivity (Wildman–Crippen MR) is 96.6 cm³/mol. The van der Waals surface area contributed by atoms with E-state index in [1.807, 2.05) is 0 Å². The highest BCUT2D eigenvalue weighted by molar-refractivity contribution is 5.95. The molecule has 27 heavy (non-hydrogen) atoms. The van der Waals surface area contributed by atoms with E-state index in [1.54, 1.807) is 25.1 Å². The van der Waals surface area contributed by atoms with E-state index in [0.717, 1.165) is 25.7 Å². The van der Waals surface area contributed by atoms with E-state index in [1.165, 1.54) is 12.3 Å². The lowest BCUT2D eigenvalue weighted by molar-refractivity contribution is 0.0924. The fourth-order valence-electron chi connectivity index (χ4n) is 3.17. The van der Waals surface area contributed by atoms with Gasteiger partial charge in [0, 0.05) is 17.8 Å². The van der Waals surface area contributed by atoms with Gasteiger partial charge in [0.25, 0.3) is 11.8 Å². The number of hydrogen-bond acceptors (Lipinski definition) is 4. The maximum atomic E-state index is 14.5. The standard InChI is InChI=1S/C20H21FN4O2/c1-11-15(9-13(10-16(11)21)19(26)23-14-6-7-14)18(12-4-5-12)24-20(27)17-3-2-8-22-25-17/h2-3,8-10,12,14,18H,4-7H2,1H3,(H,23,26)(H,24,27). The molecule has 0 spiro atoms. The van der Waals surface area contributed by atoms with Crippen LogP contribution in [0.4, 0.5) is 4.39 Å². The molecular formula is C20H21FN4O2. The molecule has 1 aromatic carbocycles. The van der Waals surface area contributed by atoms with Crippen molar-refractivity contribution in [2.45, 2.75) is 44.7 Å². The third kappa shape index (κ3) is 3.97. The second-order valence-corrected chi connectivity index (χ2v) is 7.32. The van der Waals surface area contributed by atoms with Crippen molar-refractivity contribution >= 4 is 11.8 Å². The molecule has 1 atom stereocenters. The van der Waals surface area contributed by atoms with Crippen LogP contribution in [0.2, 0.25) is 0 Å². The minimum Gasteiger partial charge on any atom is -0.349 e. The largest absolute Gasteiger partial charge is 0.349 e. The molecule has 2 fully saturated rings. The minimum absolute atomic E-state index is 0.195. The number of amides is 2. The molecule has 2 aromatic rings. The summed E-state index contributed by atoms with van der Waals surface area (Å²) in [6, 6.07) is 6.03. The van der Waals surface area contributed by atoms with E-state index in [-0.39, 0.29) is 35.5 Å². The third-order valence-corrected chi connectivity index (χ3v) is 5.08. The summed E-state index contributed by atoms with van der Waals surface area (Å²) >= 11 is 0. The highest BCUT2D eigenvalue weighted by Gasteiger charge is 2.36. The number of halogens is 1. The van der Waals surface area contributed by atoms with Gasteiger partial charge in [0.1, 0.15) is 5.82 Å². The second-order valence-electron chi connectivity index (χ2n) is 7.32. The van der Waals surface area contributed by atoms with Crippen molar-refractivity contribution in [2.75, 3.05) is 0 Å². The van der Waals surface area contributed by atoms with Gasteiger partial charge < -0.3 is 10.6 Å². The lowest BCUT2D eigenvalue weighted by Crippen LogP contribution is -2.32.